The van der Waals surface area contributed by atoms with Crippen LogP contribution in [0.25, 0.3) is 0 Å². The number of benzene rings is 1. The number of hydrogen-bond acceptors (Lipinski definition) is 3. The molecule has 0 fully saturated rings. The summed E-state index contributed by atoms with van der Waals surface area (Å²) in [6, 6.07) is 5.27. The quantitative estimate of drug-likeness (QED) is 0.743. The smallest absolute Gasteiger partial charge is 0.306 e. The van der Waals surface area contributed by atoms with Crippen molar-refractivity contribution in [1.29, 1.82) is 0 Å². The lowest BCUT2D eigenvalue weighted by atomic mass is 10.3. The van der Waals surface area contributed by atoms with Gasteiger partial charge in [0.25, 0.3) is 0 Å². The highest BCUT2D eigenvalue weighted by atomic mass is 35.5. The third-order valence-electron chi connectivity index (χ3n) is 1.06. The molecular formula is C7H5Cl2O3S. The zero-order valence-corrected chi connectivity index (χ0v) is 8.87. The van der Waals surface area contributed by atoms with Gasteiger partial charge in [-0.3, -0.25) is 0 Å². The van der Waals surface area contributed by atoms with Gasteiger partial charge < -0.3 is 4.18 Å². The second-order valence-corrected chi connectivity index (χ2v) is 4.63. The molecule has 0 N–H and O–H groups in total. The van der Waals surface area contributed by atoms with Crippen molar-refractivity contribution in [1.82, 2.24) is 0 Å². The molecule has 0 aliphatic carbocycles. The zero-order valence-electron chi connectivity index (χ0n) is 6.54. The van der Waals surface area contributed by atoms with Crippen LogP contribution >= 0.6 is 23.2 Å². The first-order valence-electron chi connectivity index (χ1n) is 3.15. The van der Waals surface area contributed by atoms with Crippen molar-refractivity contribution in [2.45, 2.75) is 0 Å². The van der Waals surface area contributed by atoms with Crippen molar-refractivity contribution in [3.63, 3.8) is 0 Å². The Hall–Kier alpha value is -0.450. The van der Waals surface area contributed by atoms with E-state index < -0.39 is 10.1 Å². The van der Waals surface area contributed by atoms with E-state index in [0.29, 0.717) is 5.02 Å². The van der Waals surface area contributed by atoms with Crippen molar-refractivity contribution in [2.24, 2.45) is 0 Å². The van der Waals surface area contributed by atoms with Gasteiger partial charge in [-0.15, -0.1) is 0 Å². The molecule has 0 bridgehead atoms. The number of halogens is 2. The van der Waals surface area contributed by atoms with Crippen LogP contribution in [0.5, 0.6) is 5.75 Å². The molecule has 0 saturated carbocycles. The Balaban J connectivity index is 2.99. The van der Waals surface area contributed by atoms with Crippen LogP contribution < -0.4 is 4.18 Å². The van der Waals surface area contributed by atoms with E-state index in [1.807, 2.05) is 0 Å². The number of rotatable bonds is 2. The summed E-state index contributed by atoms with van der Waals surface area (Å²) >= 11 is 11.2. The third-order valence-corrected chi connectivity index (χ3v) is 2.26. The molecule has 0 unspecified atom stereocenters. The largest absolute Gasteiger partial charge is 0.382 e. The van der Waals surface area contributed by atoms with Gasteiger partial charge in [0.1, 0.15) is 0 Å². The third kappa shape index (κ3) is 3.42. The summed E-state index contributed by atoms with van der Waals surface area (Å²) in [6.45, 7) is 0. The monoisotopic (exact) mass is 239 g/mol. The van der Waals surface area contributed by atoms with Crippen molar-refractivity contribution in [3.05, 3.63) is 28.2 Å². The van der Waals surface area contributed by atoms with Crippen molar-refractivity contribution >= 4 is 33.3 Å². The normalized spacial score (nSPS) is 11.3. The molecule has 0 heterocycles. The summed E-state index contributed by atoms with van der Waals surface area (Å²) < 4.78 is 25.9. The van der Waals surface area contributed by atoms with E-state index in [-0.39, 0.29) is 10.8 Å². The topological polar surface area (TPSA) is 43.4 Å². The van der Waals surface area contributed by atoms with Crippen LogP contribution in [0.1, 0.15) is 0 Å². The fraction of sp³-hybridized carbons (Fsp3) is 0.143. The molecule has 6 heteroatoms. The zero-order chi connectivity index (χ0) is 10.1. The molecule has 13 heavy (non-hydrogen) atoms. The first-order valence-corrected chi connectivity index (χ1v) is 5.72. The van der Waals surface area contributed by atoms with E-state index in [1.165, 1.54) is 12.1 Å². The summed E-state index contributed by atoms with van der Waals surface area (Å²) in [5.41, 5.74) is 0. The fourth-order valence-electron chi connectivity index (χ4n) is 0.643. The highest BCUT2D eigenvalue weighted by Crippen LogP contribution is 2.25. The molecular weight excluding hydrogens is 235 g/mol. The maximum atomic E-state index is 10.7. The van der Waals surface area contributed by atoms with E-state index in [2.05, 4.69) is 10.2 Å². The Morgan fingerprint density at radius 2 is 2.00 bits per heavy atom. The minimum absolute atomic E-state index is 0.0249. The Morgan fingerprint density at radius 1 is 1.38 bits per heavy atom. The van der Waals surface area contributed by atoms with E-state index in [0.717, 1.165) is 6.26 Å². The molecule has 0 aliphatic rings. The molecule has 0 amide bonds. The summed E-state index contributed by atoms with van der Waals surface area (Å²) in [7, 11) is -3.54. The SMILES string of the molecule is CS(=O)(=O)Oc1[c]c(Cl)c(Cl)cc1. The molecule has 0 saturated heterocycles. The minimum atomic E-state index is -3.54. The molecule has 0 aromatic heterocycles. The lowest BCUT2D eigenvalue weighted by molar-refractivity contribution is 0.492. The molecule has 1 radical (unpaired) electrons. The van der Waals surface area contributed by atoms with Crippen molar-refractivity contribution in [2.75, 3.05) is 6.26 Å². The summed E-state index contributed by atoms with van der Waals surface area (Å²) in [6.07, 6.45) is 0.934. The Kier molecular flexibility index (Phi) is 3.05. The van der Waals surface area contributed by atoms with Gasteiger partial charge >= 0.3 is 10.1 Å². The first-order chi connectivity index (χ1) is 5.88. The van der Waals surface area contributed by atoms with Gasteiger partial charge in [0, 0.05) is 0 Å². The van der Waals surface area contributed by atoms with Gasteiger partial charge in [0.05, 0.1) is 22.4 Å². The maximum Gasteiger partial charge on any atom is 0.306 e. The Morgan fingerprint density at radius 3 is 2.46 bits per heavy atom. The van der Waals surface area contributed by atoms with Crippen LogP contribution in [0.3, 0.4) is 0 Å². The van der Waals surface area contributed by atoms with Gasteiger partial charge in [-0.2, -0.15) is 8.42 Å². The van der Waals surface area contributed by atoms with Gasteiger partial charge in [-0.1, -0.05) is 23.2 Å². The lowest BCUT2D eigenvalue weighted by Gasteiger charge is -2.02. The highest BCUT2D eigenvalue weighted by molar-refractivity contribution is 7.86. The van der Waals surface area contributed by atoms with E-state index in [9.17, 15) is 8.42 Å². The van der Waals surface area contributed by atoms with E-state index in [4.69, 9.17) is 23.2 Å². The summed E-state index contributed by atoms with van der Waals surface area (Å²) in [5.74, 6) is 0.0249. The van der Waals surface area contributed by atoms with Crippen LogP contribution in [-0.4, -0.2) is 14.7 Å². The van der Waals surface area contributed by atoms with E-state index in [1.54, 1.807) is 0 Å². The standard InChI is InChI=1S/C7H5Cl2O3S/c1-13(10,11)12-5-2-3-6(8)7(9)4-5/h2-3H,1H3. The molecule has 0 aliphatic heterocycles. The molecule has 3 nitrogen and oxygen atoms in total. The molecule has 0 spiro atoms. The van der Waals surface area contributed by atoms with Gasteiger partial charge in [0.2, 0.25) is 0 Å². The Bertz CT molecular complexity index is 414. The second-order valence-electron chi connectivity index (χ2n) is 2.27. The first kappa shape index (κ1) is 10.6. The van der Waals surface area contributed by atoms with Crippen LogP contribution in [0, 0.1) is 6.07 Å². The van der Waals surface area contributed by atoms with E-state index >= 15 is 0 Å². The predicted molar refractivity (Wildman–Crippen MR) is 50.8 cm³/mol. The molecule has 1 aromatic carbocycles. The van der Waals surface area contributed by atoms with Crippen LogP contribution in [0.15, 0.2) is 12.1 Å². The highest BCUT2D eigenvalue weighted by Gasteiger charge is 2.06. The van der Waals surface area contributed by atoms with Crippen LogP contribution in [-0.2, 0) is 10.1 Å². The van der Waals surface area contributed by atoms with Crippen LogP contribution in [0.4, 0.5) is 0 Å². The molecule has 1 rings (SSSR count). The van der Waals surface area contributed by atoms with Crippen molar-refractivity contribution in [3.8, 4) is 5.75 Å². The second kappa shape index (κ2) is 3.74. The van der Waals surface area contributed by atoms with Gasteiger partial charge in [-0.05, 0) is 12.1 Å². The summed E-state index contributed by atoms with van der Waals surface area (Å²) in [5, 5.41) is 0.422. The fourth-order valence-corrected chi connectivity index (χ4v) is 1.33. The number of hydrogen-bond donors (Lipinski definition) is 0. The molecule has 0 atom stereocenters. The molecule has 71 valence electrons. The average Bonchev–Trinajstić information content (AvgIpc) is 1.94. The minimum Gasteiger partial charge on any atom is -0.382 e. The average molecular weight is 240 g/mol. The lowest BCUT2D eigenvalue weighted by Crippen LogP contribution is -2.05. The summed E-state index contributed by atoms with van der Waals surface area (Å²) in [4.78, 5) is 0. The molecule has 1 aromatic rings. The van der Waals surface area contributed by atoms with Gasteiger partial charge in [-0.25, -0.2) is 0 Å². The van der Waals surface area contributed by atoms with Gasteiger partial charge in [0.15, 0.2) is 5.75 Å². The Labute approximate surface area is 86.4 Å². The maximum absolute atomic E-state index is 10.7. The van der Waals surface area contributed by atoms with Crippen LogP contribution in [0.2, 0.25) is 10.0 Å². The predicted octanol–water partition coefficient (Wildman–Crippen LogP) is 2.13. The van der Waals surface area contributed by atoms with Crippen molar-refractivity contribution < 1.29 is 12.6 Å².